The predicted octanol–water partition coefficient (Wildman–Crippen LogP) is 3.39. The highest BCUT2D eigenvalue weighted by molar-refractivity contribution is 7.08. The molecule has 0 aliphatic rings. The molecule has 5 aromatic rings. The van der Waals surface area contributed by atoms with Gasteiger partial charge in [-0.3, -0.25) is 4.57 Å². The Labute approximate surface area is 158 Å². The summed E-state index contributed by atoms with van der Waals surface area (Å²) in [6.45, 7) is 0. The zero-order valence-electron chi connectivity index (χ0n) is 14.0. The molecule has 8 nitrogen and oxygen atoms in total. The van der Waals surface area contributed by atoms with Gasteiger partial charge >= 0.3 is 0 Å². The number of hydrogen-bond acceptors (Lipinski definition) is 7. The van der Waals surface area contributed by atoms with Crippen molar-refractivity contribution in [3.8, 4) is 11.4 Å². The molecule has 0 spiro atoms. The largest absolute Gasteiger partial charge is 0.382 e. The van der Waals surface area contributed by atoms with E-state index in [1.54, 1.807) is 30.2 Å². The van der Waals surface area contributed by atoms with Crippen molar-refractivity contribution < 1.29 is 0 Å². The second kappa shape index (κ2) is 6.22. The smallest absolute Gasteiger partial charge is 0.231 e. The van der Waals surface area contributed by atoms with E-state index in [1.807, 2.05) is 56.4 Å². The van der Waals surface area contributed by atoms with Crippen molar-refractivity contribution in [2.75, 3.05) is 11.1 Å². The third-order valence-corrected chi connectivity index (χ3v) is 4.80. The Bertz CT molecular complexity index is 1190. The van der Waals surface area contributed by atoms with E-state index in [0.29, 0.717) is 22.9 Å². The van der Waals surface area contributed by atoms with E-state index < -0.39 is 0 Å². The lowest BCUT2D eigenvalue weighted by Crippen LogP contribution is -2.03. The van der Waals surface area contributed by atoms with Crippen molar-refractivity contribution in [1.29, 1.82) is 0 Å². The normalized spacial score (nSPS) is 11.1. The van der Waals surface area contributed by atoms with Crippen LogP contribution in [0.1, 0.15) is 0 Å². The third kappa shape index (κ3) is 2.79. The van der Waals surface area contributed by atoms with Crippen LogP contribution in [-0.4, -0.2) is 29.1 Å². The van der Waals surface area contributed by atoms with E-state index in [-0.39, 0.29) is 0 Å². The molecule has 4 aromatic heterocycles. The van der Waals surface area contributed by atoms with Crippen molar-refractivity contribution in [3.63, 3.8) is 0 Å². The van der Waals surface area contributed by atoms with Crippen molar-refractivity contribution in [2.24, 2.45) is 0 Å². The molecule has 0 radical (unpaired) electrons. The number of fused-ring (bicyclic) bond motifs is 1. The number of aromatic nitrogens is 6. The van der Waals surface area contributed by atoms with Gasteiger partial charge in [-0.2, -0.15) is 21.3 Å². The summed E-state index contributed by atoms with van der Waals surface area (Å²) in [5, 5.41) is 7.24. The zero-order valence-corrected chi connectivity index (χ0v) is 14.8. The molecule has 132 valence electrons. The molecule has 0 aliphatic carbocycles. The van der Waals surface area contributed by atoms with Gasteiger partial charge < -0.3 is 15.6 Å². The number of imidazole rings is 2. The fourth-order valence-corrected chi connectivity index (χ4v) is 3.45. The topological polar surface area (TPSA) is 99.5 Å². The minimum atomic E-state index is 0.339. The van der Waals surface area contributed by atoms with Crippen LogP contribution in [0.15, 0.2) is 66.1 Å². The molecule has 0 saturated heterocycles. The molecule has 9 heteroatoms. The van der Waals surface area contributed by atoms with Crippen molar-refractivity contribution in [1.82, 2.24) is 29.1 Å². The number of hydrogen-bond donors (Lipinski definition) is 2. The quantitative estimate of drug-likeness (QED) is 0.500. The van der Waals surface area contributed by atoms with Crippen molar-refractivity contribution in [2.45, 2.75) is 0 Å². The summed E-state index contributed by atoms with van der Waals surface area (Å²) in [6.07, 6.45) is 7.10. The number of nitrogens with two attached hydrogens (primary N) is 1. The number of rotatable bonds is 4. The number of nitrogens with one attached hydrogen (secondary N) is 1. The minimum absolute atomic E-state index is 0.339. The first kappa shape index (κ1) is 15.5. The Kier molecular flexibility index (Phi) is 3.58. The molecular weight excluding hydrogens is 360 g/mol. The van der Waals surface area contributed by atoms with Gasteiger partial charge in [0.05, 0.1) is 12.0 Å². The summed E-state index contributed by atoms with van der Waals surface area (Å²) in [6, 6.07) is 9.89. The maximum Gasteiger partial charge on any atom is 0.231 e. The summed E-state index contributed by atoms with van der Waals surface area (Å²) < 4.78 is 3.83. The highest BCUT2D eigenvalue weighted by Crippen LogP contribution is 2.24. The van der Waals surface area contributed by atoms with E-state index in [1.165, 1.54) is 0 Å². The molecule has 27 heavy (non-hydrogen) atoms. The van der Waals surface area contributed by atoms with Crippen LogP contribution >= 0.6 is 11.3 Å². The van der Waals surface area contributed by atoms with E-state index in [4.69, 9.17) is 5.73 Å². The highest BCUT2D eigenvalue weighted by atomic mass is 32.1. The summed E-state index contributed by atoms with van der Waals surface area (Å²) in [5.74, 6) is 0.763. The third-order valence-electron chi connectivity index (χ3n) is 4.13. The van der Waals surface area contributed by atoms with Crippen LogP contribution in [0.4, 0.5) is 17.5 Å². The molecule has 0 aliphatic heterocycles. The van der Waals surface area contributed by atoms with Crippen LogP contribution in [0, 0.1) is 0 Å². The lowest BCUT2D eigenvalue weighted by atomic mass is 10.3. The molecule has 5 rings (SSSR count). The molecule has 0 fully saturated rings. The number of nitrogens with zero attached hydrogens (tertiary/aromatic N) is 6. The molecule has 1 aromatic carbocycles. The highest BCUT2D eigenvalue weighted by Gasteiger charge is 2.13. The molecule has 3 N–H and O–H groups in total. The lowest BCUT2D eigenvalue weighted by molar-refractivity contribution is 1.06. The second-order valence-electron chi connectivity index (χ2n) is 5.84. The van der Waals surface area contributed by atoms with Gasteiger partial charge in [-0.1, -0.05) is 0 Å². The first-order chi connectivity index (χ1) is 13.3. The Morgan fingerprint density at radius 2 is 1.89 bits per heavy atom. The van der Waals surface area contributed by atoms with E-state index in [0.717, 1.165) is 17.1 Å². The van der Waals surface area contributed by atoms with Crippen LogP contribution in [0.3, 0.4) is 0 Å². The average Bonchev–Trinajstić information content (AvgIpc) is 3.43. The summed E-state index contributed by atoms with van der Waals surface area (Å²) in [7, 11) is 0. The van der Waals surface area contributed by atoms with E-state index in [2.05, 4.69) is 25.3 Å². The molecule has 4 heterocycles. The number of anilines is 3. The fraction of sp³-hybridized carbons (Fsp3) is 0. The Morgan fingerprint density at radius 3 is 2.63 bits per heavy atom. The van der Waals surface area contributed by atoms with Gasteiger partial charge in [0.25, 0.3) is 0 Å². The molecule has 0 amide bonds. The van der Waals surface area contributed by atoms with Gasteiger partial charge in [0.1, 0.15) is 6.33 Å². The standard InChI is InChI=1S/C18H14N8S/c19-16-15-17(26(11-21-15)14-5-8-27-9-14)24-18(23-16)22-12-1-3-13(4-2-12)25-7-6-20-10-25/h1-11H,(H3,19,22,23,24). The van der Waals surface area contributed by atoms with Crippen molar-refractivity contribution >= 4 is 40.0 Å². The summed E-state index contributed by atoms with van der Waals surface area (Å²) in [4.78, 5) is 17.3. The Balaban J connectivity index is 1.49. The van der Waals surface area contributed by atoms with E-state index >= 15 is 0 Å². The molecule has 0 saturated carbocycles. The van der Waals surface area contributed by atoms with E-state index in [9.17, 15) is 0 Å². The number of benzene rings is 1. The number of thiophene rings is 1. The lowest BCUT2D eigenvalue weighted by Gasteiger charge is -2.08. The molecular formula is C18H14N8S. The van der Waals surface area contributed by atoms with Gasteiger partial charge in [0.15, 0.2) is 17.0 Å². The molecule has 0 atom stereocenters. The molecule has 0 unspecified atom stereocenters. The van der Waals surface area contributed by atoms with Crippen LogP contribution in [0.25, 0.3) is 22.5 Å². The first-order valence-electron chi connectivity index (χ1n) is 8.16. The second-order valence-corrected chi connectivity index (χ2v) is 6.62. The predicted molar refractivity (Wildman–Crippen MR) is 106 cm³/mol. The maximum absolute atomic E-state index is 6.09. The Morgan fingerprint density at radius 1 is 1.00 bits per heavy atom. The number of nitrogen functional groups attached to an aromatic ring is 1. The van der Waals surface area contributed by atoms with Gasteiger partial charge in [-0.05, 0) is 35.7 Å². The van der Waals surface area contributed by atoms with Crippen LogP contribution in [0.5, 0.6) is 0 Å². The molecule has 0 bridgehead atoms. The van der Waals surface area contributed by atoms with Crippen LogP contribution in [0.2, 0.25) is 0 Å². The van der Waals surface area contributed by atoms with Gasteiger partial charge in [0, 0.05) is 29.1 Å². The fourth-order valence-electron chi connectivity index (χ4n) is 2.82. The van der Waals surface area contributed by atoms with Gasteiger partial charge in [-0.25, -0.2) is 9.97 Å². The first-order valence-corrected chi connectivity index (χ1v) is 9.11. The van der Waals surface area contributed by atoms with Crippen molar-refractivity contribution in [3.05, 3.63) is 66.1 Å². The maximum atomic E-state index is 6.09. The van der Waals surface area contributed by atoms with Gasteiger partial charge in [-0.15, -0.1) is 0 Å². The Hall–Kier alpha value is -3.72. The SMILES string of the molecule is Nc1nc(Nc2ccc(-n3ccnc3)cc2)nc2c1ncn2-c1ccsc1. The van der Waals surface area contributed by atoms with Crippen LogP contribution < -0.4 is 11.1 Å². The summed E-state index contributed by atoms with van der Waals surface area (Å²) >= 11 is 1.61. The minimum Gasteiger partial charge on any atom is -0.382 e. The average molecular weight is 374 g/mol. The zero-order chi connectivity index (χ0) is 18.2. The van der Waals surface area contributed by atoms with Crippen LogP contribution in [-0.2, 0) is 0 Å². The summed E-state index contributed by atoms with van der Waals surface area (Å²) in [5.41, 5.74) is 10.2. The monoisotopic (exact) mass is 374 g/mol. The van der Waals surface area contributed by atoms with Gasteiger partial charge in [0.2, 0.25) is 5.95 Å².